The average Bonchev–Trinajstić information content (AvgIpc) is 2.11. The van der Waals surface area contributed by atoms with Gasteiger partial charge in [0.2, 0.25) is 0 Å². The van der Waals surface area contributed by atoms with Gasteiger partial charge >= 0.3 is 5.97 Å². The van der Waals surface area contributed by atoms with Gasteiger partial charge in [-0.15, -0.1) is 0 Å². The number of aliphatic hydroxyl groups is 2. The van der Waals surface area contributed by atoms with Crippen LogP contribution in [0.5, 0.6) is 0 Å². The monoisotopic (exact) mass is 189 g/mol. The fourth-order valence-electron chi connectivity index (χ4n) is 1.39. The molecular weight excluding hydrogens is 174 g/mol. The van der Waals surface area contributed by atoms with Crippen molar-refractivity contribution in [1.82, 2.24) is 4.90 Å². The highest BCUT2D eigenvalue weighted by molar-refractivity contribution is 5.76. The van der Waals surface area contributed by atoms with Crippen LogP contribution in [-0.2, 0) is 9.53 Å². The van der Waals surface area contributed by atoms with Gasteiger partial charge in [-0.1, -0.05) is 0 Å². The molecule has 1 rings (SSSR count). The summed E-state index contributed by atoms with van der Waals surface area (Å²) in [4.78, 5) is 12.9. The number of hydrogen-bond donors (Lipinski definition) is 2. The van der Waals surface area contributed by atoms with Crippen molar-refractivity contribution in [3.63, 3.8) is 0 Å². The van der Waals surface area contributed by atoms with Crippen molar-refractivity contribution in [3.05, 3.63) is 0 Å². The van der Waals surface area contributed by atoms with Gasteiger partial charge < -0.3 is 14.9 Å². The molecule has 0 spiro atoms. The number of aliphatic hydroxyl groups excluding tert-OH is 2. The molecule has 0 bridgehead atoms. The molecular formula is C8H15NO4. The summed E-state index contributed by atoms with van der Waals surface area (Å²) in [5.41, 5.74) is 0. The number of carbonyl (C=O) groups excluding carboxylic acids is 1. The first kappa shape index (κ1) is 10.4. The van der Waals surface area contributed by atoms with Crippen molar-refractivity contribution >= 4 is 5.97 Å². The topological polar surface area (TPSA) is 70.0 Å². The van der Waals surface area contributed by atoms with Gasteiger partial charge in [-0.05, 0) is 6.42 Å². The van der Waals surface area contributed by atoms with Gasteiger partial charge in [-0.2, -0.15) is 0 Å². The van der Waals surface area contributed by atoms with Gasteiger partial charge in [-0.3, -0.25) is 9.69 Å². The third kappa shape index (κ3) is 2.40. The number of esters is 1. The Morgan fingerprint density at radius 3 is 2.85 bits per heavy atom. The summed E-state index contributed by atoms with van der Waals surface area (Å²) in [6, 6.07) is -0.230. The molecule has 0 aromatic rings. The van der Waals surface area contributed by atoms with E-state index in [1.807, 2.05) is 0 Å². The summed E-state index contributed by atoms with van der Waals surface area (Å²) in [5.74, 6) is -0.267. The maximum atomic E-state index is 11.1. The first-order valence-electron chi connectivity index (χ1n) is 4.29. The Labute approximate surface area is 76.9 Å². The number of methoxy groups -OCH3 is 1. The number of β-amino-alcohol motifs (C(OH)–C–C–N with tert-alkyl or cyclic N) is 1. The van der Waals surface area contributed by atoms with Crippen LogP contribution in [0.3, 0.4) is 0 Å². The van der Waals surface area contributed by atoms with E-state index in [0.717, 1.165) is 13.0 Å². The molecule has 0 aromatic heterocycles. The fourth-order valence-corrected chi connectivity index (χ4v) is 1.39. The van der Waals surface area contributed by atoms with Crippen LogP contribution < -0.4 is 0 Å². The quantitative estimate of drug-likeness (QED) is 0.531. The molecule has 0 aliphatic carbocycles. The Morgan fingerprint density at radius 1 is 1.77 bits per heavy atom. The normalized spacial score (nSPS) is 25.0. The van der Waals surface area contributed by atoms with Gasteiger partial charge in [0.25, 0.3) is 0 Å². The molecule has 5 nitrogen and oxygen atoms in total. The van der Waals surface area contributed by atoms with Crippen LogP contribution >= 0.6 is 0 Å². The zero-order chi connectivity index (χ0) is 9.84. The number of ether oxygens (including phenoxy) is 1. The maximum Gasteiger partial charge on any atom is 0.323 e. The number of nitrogens with zero attached hydrogens (tertiary/aromatic N) is 1. The van der Waals surface area contributed by atoms with E-state index in [0.29, 0.717) is 6.54 Å². The molecule has 0 saturated carbocycles. The second-order valence-corrected chi connectivity index (χ2v) is 3.16. The van der Waals surface area contributed by atoms with Crippen molar-refractivity contribution in [2.24, 2.45) is 0 Å². The predicted octanol–water partition coefficient (Wildman–Crippen LogP) is -1.41. The molecule has 2 N–H and O–H groups in total. The Hall–Kier alpha value is -0.650. The van der Waals surface area contributed by atoms with Crippen LogP contribution in [0.15, 0.2) is 0 Å². The molecule has 13 heavy (non-hydrogen) atoms. The Bertz CT molecular complexity index is 185. The molecule has 1 aliphatic heterocycles. The summed E-state index contributed by atoms with van der Waals surface area (Å²) in [5, 5.41) is 17.7. The van der Waals surface area contributed by atoms with Crippen LogP contribution in [0.25, 0.3) is 0 Å². The van der Waals surface area contributed by atoms with E-state index in [9.17, 15) is 4.79 Å². The zero-order valence-electron chi connectivity index (χ0n) is 7.64. The summed E-state index contributed by atoms with van der Waals surface area (Å²) in [7, 11) is 1.35. The average molecular weight is 189 g/mol. The number of hydrogen-bond acceptors (Lipinski definition) is 5. The highest BCUT2D eigenvalue weighted by Gasteiger charge is 2.35. The number of rotatable bonds is 4. The molecule has 76 valence electrons. The Kier molecular flexibility index (Phi) is 3.65. The van der Waals surface area contributed by atoms with E-state index < -0.39 is 6.10 Å². The summed E-state index contributed by atoms with van der Waals surface area (Å²) in [6.45, 7) is 0.831. The van der Waals surface area contributed by atoms with Crippen molar-refractivity contribution in [1.29, 1.82) is 0 Å². The lowest BCUT2D eigenvalue weighted by molar-refractivity contribution is -0.153. The molecule has 1 saturated heterocycles. The van der Waals surface area contributed by atoms with Crippen LogP contribution in [0.2, 0.25) is 0 Å². The highest BCUT2D eigenvalue weighted by Crippen LogP contribution is 2.18. The Balaban J connectivity index is 2.32. The lowest BCUT2D eigenvalue weighted by Crippen LogP contribution is -2.55. The third-order valence-corrected chi connectivity index (χ3v) is 2.26. The third-order valence-electron chi connectivity index (χ3n) is 2.26. The summed E-state index contributed by atoms with van der Waals surface area (Å²) in [6.07, 6.45) is -0.00220. The van der Waals surface area contributed by atoms with E-state index in [1.54, 1.807) is 4.90 Å². The van der Waals surface area contributed by atoms with Gasteiger partial charge in [0, 0.05) is 13.1 Å². The fraction of sp³-hybridized carbons (Fsp3) is 0.875. The molecule has 1 aliphatic rings. The second-order valence-electron chi connectivity index (χ2n) is 3.16. The molecule has 0 aromatic carbocycles. The number of likely N-dealkylation sites (tertiary alicyclic amines) is 1. The van der Waals surface area contributed by atoms with Gasteiger partial charge in [0.15, 0.2) is 0 Å². The summed E-state index contributed by atoms with van der Waals surface area (Å²) >= 11 is 0. The van der Waals surface area contributed by atoms with Crippen molar-refractivity contribution in [3.8, 4) is 0 Å². The Morgan fingerprint density at radius 2 is 2.46 bits per heavy atom. The van der Waals surface area contributed by atoms with Gasteiger partial charge in [0.05, 0.1) is 19.8 Å². The molecule has 1 heterocycles. The molecule has 1 fully saturated rings. The van der Waals surface area contributed by atoms with Gasteiger partial charge in [0.1, 0.15) is 6.04 Å². The lowest BCUT2D eigenvalue weighted by Gasteiger charge is -2.39. The molecule has 2 atom stereocenters. The van der Waals surface area contributed by atoms with Crippen molar-refractivity contribution in [2.45, 2.75) is 18.6 Å². The van der Waals surface area contributed by atoms with Crippen molar-refractivity contribution < 1.29 is 19.7 Å². The minimum Gasteiger partial charge on any atom is -0.468 e. The number of carbonyl (C=O) groups is 1. The largest absolute Gasteiger partial charge is 0.468 e. The second kappa shape index (κ2) is 4.55. The molecule has 0 amide bonds. The summed E-state index contributed by atoms with van der Waals surface area (Å²) < 4.78 is 4.57. The van der Waals surface area contributed by atoms with Crippen LogP contribution in [0, 0.1) is 0 Å². The maximum absolute atomic E-state index is 11.1. The van der Waals surface area contributed by atoms with Crippen LogP contribution in [0.1, 0.15) is 6.42 Å². The SMILES string of the molecule is COC(=O)C1CCN1CC(O)CO. The smallest absolute Gasteiger partial charge is 0.323 e. The first-order chi connectivity index (χ1) is 6.19. The standard InChI is InChI=1S/C8H15NO4/c1-13-8(12)7-2-3-9(7)4-6(11)5-10/h6-7,10-11H,2-5H2,1H3. The van der Waals surface area contributed by atoms with E-state index in [1.165, 1.54) is 7.11 Å². The van der Waals surface area contributed by atoms with E-state index in [2.05, 4.69) is 4.74 Å². The minimum absolute atomic E-state index is 0.230. The van der Waals surface area contributed by atoms with Crippen LogP contribution in [-0.4, -0.2) is 60.0 Å². The van der Waals surface area contributed by atoms with Crippen LogP contribution in [0.4, 0.5) is 0 Å². The first-order valence-corrected chi connectivity index (χ1v) is 4.29. The zero-order valence-corrected chi connectivity index (χ0v) is 7.64. The predicted molar refractivity (Wildman–Crippen MR) is 45.1 cm³/mol. The molecule has 0 radical (unpaired) electrons. The van der Waals surface area contributed by atoms with Gasteiger partial charge in [-0.25, -0.2) is 0 Å². The molecule has 2 unspecified atom stereocenters. The van der Waals surface area contributed by atoms with E-state index in [4.69, 9.17) is 10.2 Å². The highest BCUT2D eigenvalue weighted by atomic mass is 16.5. The van der Waals surface area contributed by atoms with Crippen molar-refractivity contribution in [2.75, 3.05) is 26.8 Å². The van der Waals surface area contributed by atoms with E-state index in [-0.39, 0.29) is 18.6 Å². The van der Waals surface area contributed by atoms with E-state index >= 15 is 0 Å². The lowest BCUT2D eigenvalue weighted by atomic mass is 10.0. The minimum atomic E-state index is -0.771. The molecule has 5 heteroatoms.